The van der Waals surface area contributed by atoms with Crippen molar-refractivity contribution in [2.45, 2.75) is 112 Å². The van der Waals surface area contributed by atoms with E-state index >= 15 is 0 Å². The fourth-order valence-corrected chi connectivity index (χ4v) is 3.95. The van der Waals surface area contributed by atoms with E-state index in [1.807, 2.05) is 6.07 Å². The van der Waals surface area contributed by atoms with Crippen LogP contribution < -0.4 is 0 Å². The van der Waals surface area contributed by atoms with Crippen molar-refractivity contribution >= 4 is 0 Å². The zero-order chi connectivity index (χ0) is 25.7. The van der Waals surface area contributed by atoms with Crippen molar-refractivity contribution in [2.24, 2.45) is 0 Å². The van der Waals surface area contributed by atoms with E-state index in [2.05, 4.69) is 96.2 Å². The van der Waals surface area contributed by atoms with Gasteiger partial charge < -0.3 is 4.74 Å². The first kappa shape index (κ1) is 30.9. The maximum atomic E-state index is 5.79. The molecule has 0 fully saturated rings. The lowest BCUT2D eigenvalue weighted by atomic mass is 10.0. The Hall–Kier alpha value is -2.12. The third-order valence-corrected chi connectivity index (χ3v) is 6.59. The minimum Gasteiger partial charge on any atom is -0.377 e. The maximum Gasteiger partial charge on any atom is 0.0716 e. The molecule has 0 unspecified atom stereocenters. The summed E-state index contributed by atoms with van der Waals surface area (Å²) in [6.07, 6.45) is 23.5. The van der Waals surface area contributed by atoms with E-state index < -0.39 is 0 Å². The van der Waals surface area contributed by atoms with Gasteiger partial charge in [0.05, 0.1) is 6.61 Å². The number of rotatable bonds is 18. The molecule has 0 saturated heterocycles. The van der Waals surface area contributed by atoms with Crippen LogP contribution in [-0.2, 0) is 11.3 Å². The Morgan fingerprint density at radius 3 is 1.49 bits per heavy atom. The summed E-state index contributed by atoms with van der Waals surface area (Å²) in [5.74, 6) is 0. The van der Waals surface area contributed by atoms with Gasteiger partial charge in [0, 0.05) is 6.61 Å². The van der Waals surface area contributed by atoms with Gasteiger partial charge in [0.15, 0.2) is 0 Å². The largest absolute Gasteiger partial charge is 0.377 e. The van der Waals surface area contributed by atoms with E-state index in [4.69, 9.17) is 4.74 Å². The van der Waals surface area contributed by atoms with Gasteiger partial charge in [0.25, 0.3) is 0 Å². The number of hydrogen-bond donors (Lipinski definition) is 0. The molecule has 0 spiro atoms. The van der Waals surface area contributed by atoms with Crippen LogP contribution in [0.2, 0.25) is 0 Å². The molecule has 0 heterocycles. The Kier molecular flexibility index (Phi) is 17.8. The average Bonchev–Trinajstić information content (AvgIpc) is 2.84. The second-order valence-electron chi connectivity index (χ2n) is 10.1. The van der Waals surface area contributed by atoms with Gasteiger partial charge in [-0.2, -0.15) is 0 Å². The molecular weight excluding hydrogens is 424 g/mol. The van der Waals surface area contributed by atoms with Crippen LogP contribution in [0.15, 0.2) is 88.6 Å². The van der Waals surface area contributed by atoms with Crippen molar-refractivity contribution < 1.29 is 4.74 Å². The Labute approximate surface area is 217 Å². The zero-order valence-corrected chi connectivity index (χ0v) is 23.7. The molecule has 1 nitrogen and oxygen atoms in total. The number of hydrogen-bond acceptors (Lipinski definition) is 1. The highest BCUT2D eigenvalue weighted by molar-refractivity contribution is 5.13. The molecule has 1 heteroatoms. The van der Waals surface area contributed by atoms with Crippen molar-refractivity contribution in [3.8, 4) is 0 Å². The van der Waals surface area contributed by atoms with Crippen molar-refractivity contribution in [1.29, 1.82) is 0 Å². The minimum absolute atomic E-state index is 0.718. The Bertz CT molecular complexity index is 833. The fourth-order valence-electron chi connectivity index (χ4n) is 3.95. The molecule has 0 saturated carbocycles. The Morgan fingerprint density at radius 1 is 0.600 bits per heavy atom. The quantitative estimate of drug-likeness (QED) is 0.151. The molecule has 0 aliphatic carbocycles. The molecule has 0 bridgehead atoms. The third-order valence-electron chi connectivity index (χ3n) is 6.59. The lowest BCUT2D eigenvalue weighted by Crippen LogP contribution is -1.95. The van der Waals surface area contributed by atoms with E-state index in [9.17, 15) is 0 Å². The SMILES string of the molecule is C/C=C(/C)CC/C=C(/C)CC/C=C(/C)CC/C=C(/C)CC/C=C(/C)CCCOCc1ccccc1. The first-order valence-electron chi connectivity index (χ1n) is 13.8. The molecule has 1 rings (SSSR count). The topological polar surface area (TPSA) is 9.23 Å². The van der Waals surface area contributed by atoms with Gasteiger partial charge in [-0.15, -0.1) is 0 Å². The summed E-state index contributed by atoms with van der Waals surface area (Å²) in [4.78, 5) is 0. The molecule has 1 aromatic carbocycles. The number of allylic oxidation sites excluding steroid dienone is 10. The highest BCUT2D eigenvalue weighted by atomic mass is 16.5. The molecule has 0 amide bonds. The van der Waals surface area contributed by atoms with Gasteiger partial charge in [-0.3, -0.25) is 0 Å². The molecule has 1 aromatic rings. The maximum absolute atomic E-state index is 5.79. The monoisotopic (exact) mass is 476 g/mol. The Balaban J connectivity index is 2.14. The normalized spacial score (nSPS) is 14.1. The van der Waals surface area contributed by atoms with Crippen molar-refractivity contribution in [2.75, 3.05) is 6.61 Å². The molecule has 35 heavy (non-hydrogen) atoms. The molecule has 0 aliphatic heterocycles. The van der Waals surface area contributed by atoms with E-state index in [1.54, 1.807) is 0 Å². The highest BCUT2D eigenvalue weighted by Gasteiger charge is 1.96. The van der Waals surface area contributed by atoms with Crippen LogP contribution in [0.1, 0.15) is 111 Å². The standard InChI is InChI=1S/C34H52O/c1-7-29(2)16-11-17-30(3)18-12-19-31(4)20-13-21-32(5)22-14-23-33(6)24-15-27-35-28-34-25-9-8-10-26-34/h7-10,17,19,21,23,25-26H,11-16,18,20,22,24,27-28H2,1-6H3/b29-7-,30-17-,31-19-,32-21-,33-23-. The summed E-state index contributed by atoms with van der Waals surface area (Å²) >= 11 is 0. The molecule has 0 aromatic heterocycles. The Morgan fingerprint density at radius 2 is 1.03 bits per heavy atom. The fraction of sp³-hybridized carbons (Fsp3) is 0.529. The van der Waals surface area contributed by atoms with Crippen molar-refractivity contribution in [3.63, 3.8) is 0 Å². The second kappa shape index (κ2) is 20.1. The van der Waals surface area contributed by atoms with Gasteiger partial charge >= 0.3 is 0 Å². The van der Waals surface area contributed by atoms with Crippen LogP contribution in [0, 0.1) is 0 Å². The molecule has 194 valence electrons. The van der Waals surface area contributed by atoms with Crippen molar-refractivity contribution in [3.05, 3.63) is 94.1 Å². The summed E-state index contributed by atoms with van der Waals surface area (Å²) in [6.45, 7) is 15.0. The van der Waals surface area contributed by atoms with Gasteiger partial charge in [0.1, 0.15) is 0 Å². The average molecular weight is 477 g/mol. The van der Waals surface area contributed by atoms with Crippen LogP contribution in [-0.4, -0.2) is 6.61 Å². The van der Waals surface area contributed by atoms with Crippen LogP contribution in [0.25, 0.3) is 0 Å². The second-order valence-corrected chi connectivity index (χ2v) is 10.1. The van der Waals surface area contributed by atoms with Gasteiger partial charge in [0.2, 0.25) is 0 Å². The van der Waals surface area contributed by atoms with Gasteiger partial charge in [-0.05, 0) is 111 Å². The number of benzene rings is 1. The van der Waals surface area contributed by atoms with Crippen LogP contribution >= 0.6 is 0 Å². The third kappa shape index (κ3) is 17.9. The highest BCUT2D eigenvalue weighted by Crippen LogP contribution is 2.15. The van der Waals surface area contributed by atoms with E-state index in [1.165, 1.54) is 72.0 Å². The summed E-state index contributed by atoms with van der Waals surface area (Å²) in [5.41, 5.74) is 8.79. The number of ether oxygens (including phenoxy) is 1. The van der Waals surface area contributed by atoms with Gasteiger partial charge in [-0.1, -0.05) is 88.6 Å². The molecule has 0 radical (unpaired) electrons. The zero-order valence-electron chi connectivity index (χ0n) is 23.7. The summed E-state index contributed by atoms with van der Waals surface area (Å²) in [5, 5.41) is 0. The molecule has 0 N–H and O–H groups in total. The molecule has 0 atom stereocenters. The van der Waals surface area contributed by atoms with E-state index in [-0.39, 0.29) is 0 Å². The van der Waals surface area contributed by atoms with E-state index in [0.717, 1.165) is 38.9 Å². The van der Waals surface area contributed by atoms with Gasteiger partial charge in [-0.25, -0.2) is 0 Å². The predicted molar refractivity (Wildman–Crippen MR) is 157 cm³/mol. The first-order chi connectivity index (χ1) is 16.9. The predicted octanol–water partition coefficient (Wildman–Crippen LogP) is 10.9. The van der Waals surface area contributed by atoms with Crippen LogP contribution in [0.3, 0.4) is 0 Å². The molecule has 0 aliphatic rings. The minimum atomic E-state index is 0.718. The smallest absolute Gasteiger partial charge is 0.0716 e. The van der Waals surface area contributed by atoms with Crippen LogP contribution in [0.4, 0.5) is 0 Å². The molecular formula is C34H52O. The van der Waals surface area contributed by atoms with E-state index in [0.29, 0.717) is 0 Å². The summed E-state index contributed by atoms with van der Waals surface area (Å²) < 4.78 is 5.79. The van der Waals surface area contributed by atoms with Crippen LogP contribution in [0.5, 0.6) is 0 Å². The lowest BCUT2D eigenvalue weighted by Gasteiger charge is -2.05. The first-order valence-corrected chi connectivity index (χ1v) is 13.8. The lowest BCUT2D eigenvalue weighted by molar-refractivity contribution is 0.118. The van der Waals surface area contributed by atoms with Crippen molar-refractivity contribution in [1.82, 2.24) is 0 Å². The summed E-state index contributed by atoms with van der Waals surface area (Å²) in [7, 11) is 0. The summed E-state index contributed by atoms with van der Waals surface area (Å²) in [6, 6.07) is 10.4.